The minimum absolute atomic E-state index is 0.213. The zero-order valence-corrected chi connectivity index (χ0v) is 13.4. The highest BCUT2D eigenvalue weighted by Gasteiger charge is 2.48. The van der Waals surface area contributed by atoms with Crippen molar-refractivity contribution in [2.45, 2.75) is 70.3 Å². The van der Waals surface area contributed by atoms with E-state index in [2.05, 4.69) is 12.2 Å². The van der Waals surface area contributed by atoms with Crippen molar-refractivity contribution < 1.29 is 14.6 Å². The van der Waals surface area contributed by atoms with Gasteiger partial charge in [0.2, 0.25) is 0 Å². The molecule has 2 rings (SSSR count). The molecule has 21 heavy (non-hydrogen) atoms. The number of carboxylic acids is 1. The topological polar surface area (TPSA) is 58.6 Å². The van der Waals surface area contributed by atoms with Crippen LogP contribution in [0.3, 0.4) is 0 Å². The Morgan fingerprint density at radius 3 is 2.62 bits per heavy atom. The van der Waals surface area contributed by atoms with E-state index < -0.39 is 11.5 Å². The number of rotatable bonds is 10. The summed E-state index contributed by atoms with van der Waals surface area (Å²) < 4.78 is 5.76. The van der Waals surface area contributed by atoms with Crippen LogP contribution >= 0.6 is 0 Å². The molecule has 0 aromatic carbocycles. The van der Waals surface area contributed by atoms with Crippen molar-refractivity contribution in [3.63, 3.8) is 0 Å². The van der Waals surface area contributed by atoms with Gasteiger partial charge >= 0.3 is 5.97 Å². The molecule has 0 bridgehead atoms. The van der Waals surface area contributed by atoms with Gasteiger partial charge in [-0.25, -0.2) is 0 Å². The first-order chi connectivity index (χ1) is 10.2. The van der Waals surface area contributed by atoms with Gasteiger partial charge in [-0.15, -0.1) is 0 Å². The zero-order chi connectivity index (χ0) is 15.1. The first kappa shape index (κ1) is 16.8. The molecule has 4 nitrogen and oxygen atoms in total. The maximum absolute atomic E-state index is 11.8. The second-order valence-electron chi connectivity index (χ2n) is 6.78. The molecule has 2 N–H and O–H groups in total. The van der Waals surface area contributed by atoms with Crippen LogP contribution in [0.25, 0.3) is 0 Å². The maximum atomic E-state index is 11.8. The average Bonchev–Trinajstić information content (AvgIpc) is 2.82. The third kappa shape index (κ3) is 4.19. The summed E-state index contributed by atoms with van der Waals surface area (Å²) in [7, 11) is 0. The first-order valence-electron chi connectivity index (χ1n) is 8.75. The van der Waals surface area contributed by atoms with Gasteiger partial charge in [0.25, 0.3) is 0 Å². The minimum atomic E-state index is -0.701. The molecule has 0 saturated heterocycles. The Kier molecular flexibility index (Phi) is 6.49. The predicted molar refractivity (Wildman–Crippen MR) is 83.4 cm³/mol. The summed E-state index contributed by atoms with van der Waals surface area (Å²) in [5, 5.41) is 13.0. The van der Waals surface area contributed by atoms with E-state index in [1.807, 2.05) is 0 Å². The summed E-state index contributed by atoms with van der Waals surface area (Å²) in [6.45, 7) is 4.42. The van der Waals surface area contributed by atoms with Crippen molar-refractivity contribution in [1.29, 1.82) is 0 Å². The molecule has 0 aliphatic heterocycles. The number of ether oxygens (including phenoxy) is 1. The predicted octanol–water partition coefficient (Wildman–Crippen LogP) is 3.21. The second kappa shape index (κ2) is 8.14. The Balaban J connectivity index is 1.72. The standard InChI is InChI=1S/C17H31NO3/c1-2-11-18-17(16(19)20)10-4-7-15(17)9-13-21-12-8-14-5-3-6-14/h14-15,18H,2-13H2,1H3,(H,19,20). The largest absolute Gasteiger partial charge is 0.480 e. The van der Waals surface area contributed by atoms with Crippen molar-refractivity contribution in [1.82, 2.24) is 5.32 Å². The van der Waals surface area contributed by atoms with E-state index in [9.17, 15) is 9.90 Å². The molecule has 4 heteroatoms. The minimum Gasteiger partial charge on any atom is -0.480 e. The summed E-state index contributed by atoms with van der Waals surface area (Å²) in [6.07, 6.45) is 9.93. The Bertz CT molecular complexity index is 330. The molecule has 0 aromatic rings. The highest BCUT2D eigenvalue weighted by molar-refractivity contribution is 5.79. The van der Waals surface area contributed by atoms with Crippen molar-refractivity contribution in [3.8, 4) is 0 Å². The molecule has 0 heterocycles. The third-order valence-electron chi connectivity index (χ3n) is 5.40. The van der Waals surface area contributed by atoms with Gasteiger partial charge in [0.15, 0.2) is 0 Å². The van der Waals surface area contributed by atoms with Crippen molar-refractivity contribution in [2.75, 3.05) is 19.8 Å². The van der Waals surface area contributed by atoms with Crippen LogP contribution in [0.1, 0.15) is 64.7 Å². The molecular weight excluding hydrogens is 266 g/mol. The van der Waals surface area contributed by atoms with Gasteiger partial charge in [0.1, 0.15) is 5.54 Å². The van der Waals surface area contributed by atoms with E-state index >= 15 is 0 Å². The summed E-state index contributed by atoms with van der Waals surface area (Å²) in [5.74, 6) is 0.430. The lowest BCUT2D eigenvalue weighted by molar-refractivity contribution is -0.147. The van der Waals surface area contributed by atoms with Crippen LogP contribution in [0.4, 0.5) is 0 Å². The Morgan fingerprint density at radius 2 is 2.00 bits per heavy atom. The van der Waals surface area contributed by atoms with Crippen LogP contribution in [0, 0.1) is 11.8 Å². The fourth-order valence-corrected chi connectivity index (χ4v) is 3.77. The SMILES string of the molecule is CCCNC1(C(=O)O)CCCC1CCOCCC1CCC1. The summed E-state index contributed by atoms with van der Waals surface area (Å²) >= 11 is 0. The molecule has 0 aromatic heterocycles. The fraction of sp³-hybridized carbons (Fsp3) is 0.941. The number of aliphatic carboxylic acids is 1. The molecule has 0 amide bonds. The summed E-state index contributed by atoms with van der Waals surface area (Å²) in [4.78, 5) is 11.8. The molecule has 0 radical (unpaired) electrons. The molecule has 2 fully saturated rings. The van der Waals surface area contributed by atoms with Gasteiger partial charge in [-0.05, 0) is 50.5 Å². The molecule has 2 aliphatic carbocycles. The van der Waals surface area contributed by atoms with E-state index in [-0.39, 0.29) is 5.92 Å². The maximum Gasteiger partial charge on any atom is 0.324 e. The van der Waals surface area contributed by atoms with Crippen LogP contribution in [0.15, 0.2) is 0 Å². The Hall–Kier alpha value is -0.610. The highest BCUT2D eigenvalue weighted by atomic mass is 16.5. The number of hydrogen-bond acceptors (Lipinski definition) is 3. The van der Waals surface area contributed by atoms with Crippen LogP contribution < -0.4 is 5.32 Å². The number of carboxylic acid groups (broad SMARTS) is 1. The van der Waals surface area contributed by atoms with Gasteiger partial charge in [0.05, 0.1) is 0 Å². The van der Waals surface area contributed by atoms with Crippen molar-refractivity contribution in [3.05, 3.63) is 0 Å². The molecule has 2 atom stereocenters. The van der Waals surface area contributed by atoms with Gasteiger partial charge in [-0.3, -0.25) is 4.79 Å². The smallest absolute Gasteiger partial charge is 0.324 e. The van der Waals surface area contributed by atoms with E-state index in [0.717, 1.165) is 51.2 Å². The summed E-state index contributed by atoms with van der Waals surface area (Å²) in [6, 6.07) is 0. The summed E-state index contributed by atoms with van der Waals surface area (Å²) in [5.41, 5.74) is -0.701. The number of carbonyl (C=O) groups is 1. The molecule has 122 valence electrons. The quantitative estimate of drug-likeness (QED) is 0.608. The highest BCUT2D eigenvalue weighted by Crippen LogP contribution is 2.38. The number of hydrogen-bond donors (Lipinski definition) is 2. The van der Waals surface area contributed by atoms with Crippen LogP contribution in [-0.4, -0.2) is 36.4 Å². The monoisotopic (exact) mass is 297 g/mol. The van der Waals surface area contributed by atoms with Crippen LogP contribution in [0.5, 0.6) is 0 Å². The number of nitrogens with one attached hydrogen (secondary N) is 1. The second-order valence-corrected chi connectivity index (χ2v) is 6.78. The lowest BCUT2D eigenvalue weighted by Crippen LogP contribution is -2.55. The van der Waals surface area contributed by atoms with Crippen molar-refractivity contribution >= 4 is 5.97 Å². The van der Waals surface area contributed by atoms with E-state index in [1.54, 1.807) is 0 Å². The Labute approximate surface area is 128 Å². The van der Waals surface area contributed by atoms with E-state index in [1.165, 1.54) is 25.7 Å². The molecular formula is C17H31NO3. The zero-order valence-electron chi connectivity index (χ0n) is 13.4. The van der Waals surface area contributed by atoms with Crippen LogP contribution in [-0.2, 0) is 9.53 Å². The lowest BCUT2D eigenvalue weighted by Gasteiger charge is -2.32. The molecule has 2 unspecified atom stereocenters. The lowest BCUT2D eigenvalue weighted by atomic mass is 9.83. The average molecular weight is 297 g/mol. The van der Waals surface area contributed by atoms with E-state index in [0.29, 0.717) is 6.61 Å². The van der Waals surface area contributed by atoms with Gasteiger partial charge in [-0.1, -0.05) is 32.6 Å². The molecule has 0 spiro atoms. The van der Waals surface area contributed by atoms with Gasteiger partial charge in [0, 0.05) is 13.2 Å². The fourth-order valence-electron chi connectivity index (χ4n) is 3.77. The van der Waals surface area contributed by atoms with Gasteiger partial charge in [-0.2, -0.15) is 0 Å². The molecule has 2 aliphatic rings. The van der Waals surface area contributed by atoms with E-state index in [4.69, 9.17) is 4.74 Å². The first-order valence-corrected chi connectivity index (χ1v) is 8.75. The Morgan fingerprint density at radius 1 is 1.24 bits per heavy atom. The van der Waals surface area contributed by atoms with Gasteiger partial charge < -0.3 is 15.2 Å². The molecule has 2 saturated carbocycles. The van der Waals surface area contributed by atoms with Crippen LogP contribution in [0.2, 0.25) is 0 Å². The van der Waals surface area contributed by atoms with Crippen molar-refractivity contribution in [2.24, 2.45) is 11.8 Å². The normalized spacial score (nSPS) is 29.5. The third-order valence-corrected chi connectivity index (χ3v) is 5.40.